The van der Waals surface area contributed by atoms with Crippen LogP contribution in [0.1, 0.15) is 45.7 Å². The number of rotatable bonds is 6. The first-order valence-corrected chi connectivity index (χ1v) is 7.00. The predicted molar refractivity (Wildman–Crippen MR) is 81.9 cm³/mol. The molecule has 112 valence electrons. The standard InChI is InChI=1S/C16H26N2O2/c1-12(13-7-6-8-14(11-13)20-5)18-15(19)9-10-17-16(2,3)4/h6-8,11-12,17H,9-10H2,1-5H3,(H,18,19)/t12-/m1/s1. The second kappa shape index (κ2) is 7.29. The Hall–Kier alpha value is -1.55. The van der Waals surface area contributed by atoms with E-state index in [0.29, 0.717) is 13.0 Å². The summed E-state index contributed by atoms with van der Waals surface area (Å²) in [6, 6.07) is 7.73. The van der Waals surface area contributed by atoms with Crippen LogP contribution >= 0.6 is 0 Å². The first-order chi connectivity index (χ1) is 9.31. The van der Waals surface area contributed by atoms with Gasteiger partial charge in [-0.2, -0.15) is 0 Å². The highest BCUT2D eigenvalue weighted by Gasteiger charge is 2.12. The van der Waals surface area contributed by atoms with Crippen molar-refractivity contribution in [1.29, 1.82) is 0 Å². The van der Waals surface area contributed by atoms with Crippen molar-refractivity contribution in [1.82, 2.24) is 10.6 Å². The zero-order valence-corrected chi connectivity index (χ0v) is 13.1. The average molecular weight is 278 g/mol. The molecule has 1 amide bonds. The molecule has 0 heterocycles. The SMILES string of the molecule is COc1cccc([C@@H](C)NC(=O)CCNC(C)(C)C)c1. The molecule has 4 heteroatoms. The minimum absolute atomic E-state index is 0.0211. The zero-order valence-electron chi connectivity index (χ0n) is 13.1. The molecule has 0 aliphatic heterocycles. The molecule has 1 rings (SSSR count). The van der Waals surface area contributed by atoms with Gasteiger partial charge in [0.05, 0.1) is 13.2 Å². The van der Waals surface area contributed by atoms with Crippen LogP contribution in [0.4, 0.5) is 0 Å². The molecule has 0 aliphatic carbocycles. The lowest BCUT2D eigenvalue weighted by atomic mass is 10.1. The van der Waals surface area contributed by atoms with E-state index < -0.39 is 0 Å². The minimum atomic E-state index is -0.0211. The van der Waals surface area contributed by atoms with Crippen molar-refractivity contribution in [2.45, 2.75) is 45.7 Å². The third-order valence-electron chi connectivity index (χ3n) is 2.98. The van der Waals surface area contributed by atoms with Crippen molar-refractivity contribution in [3.8, 4) is 5.75 Å². The predicted octanol–water partition coefficient (Wildman–Crippen LogP) is 2.65. The lowest BCUT2D eigenvalue weighted by molar-refractivity contribution is -0.121. The van der Waals surface area contributed by atoms with Gasteiger partial charge in [0.15, 0.2) is 0 Å². The van der Waals surface area contributed by atoms with E-state index >= 15 is 0 Å². The molecule has 2 N–H and O–H groups in total. The molecule has 4 nitrogen and oxygen atoms in total. The fourth-order valence-electron chi connectivity index (χ4n) is 1.86. The van der Waals surface area contributed by atoms with Gasteiger partial charge in [0.1, 0.15) is 5.75 Å². The van der Waals surface area contributed by atoms with Crippen molar-refractivity contribution >= 4 is 5.91 Å². The molecule has 1 aromatic rings. The molecule has 0 aromatic heterocycles. The summed E-state index contributed by atoms with van der Waals surface area (Å²) in [6.45, 7) is 8.92. The largest absolute Gasteiger partial charge is 0.497 e. The Bertz CT molecular complexity index is 438. The topological polar surface area (TPSA) is 50.4 Å². The van der Waals surface area contributed by atoms with Gasteiger partial charge in [-0.05, 0) is 45.4 Å². The van der Waals surface area contributed by atoms with E-state index in [1.807, 2.05) is 31.2 Å². The van der Waals surface area contributed by atoms with E-state index in [2.05, 4.69) is 31.4 Å². The molecule has 0 radical (unpaired) electrons. The van der Waals surface area contributed by atoms with E-state index in [1.54, 1.807) is 7.11 Å². The summed E-state index contributed by atoms with van der Waals surface area (Å²) in [7, 11) is 1.64. The van der Waals surface area contributed by atoms with Crippen LogP contribution in [0.15, 0.2) is 24.3 Å². The molecule has 0 bridgehead atoms. The maximum atomic E-state index is 11.9. The molecule has 1 aromatic carbocycles. The summed E-state index contributed by atoms with van der Waals surface area (Å²) in [6.07, 6.45) is 0.478. The highest BCUT2D eigenvalue weighted by Crippen LogP contribution is 2.18. The van der Waals surface area contributed by atoms with Gasteiger partial charge in [-0.25, -0.2) is 0 Å². The Balaban J connectivity index is 2.44. The van der Waals surface area contributed by atoms with Gasteiger partial charge >= 0.3 is 0 Å². The number of nitrogens with one attached hydrogen (secondary N) is 2. The van der Waals surface area contributed by atoms with Crippen LogP contribution in [0.2, 0.25) is 0 Å². The molecular weight excluding hydrogens is 252 g/mol. The van der Waals surface area contributed by atoms with Crippen LogP contribution < -0.4 is 15.4 Å². The molecule has 20 heavy (non-hydrogen) atoms. The van der Waals surface area contributed by atoms with Crippen LogP contribution in [-0.2, 0) is 4.79 Å². The Morgan fingerprint density at radius 3 is 2.65 bits per heavy atom. The number of hydrogen-bond acceptors (Lipinski definition) is 3. The second-order valence-electron chi connectivity index (χ2n) is 5.99. The maximum absolute atomic E-state index is 11.9. The summed E-state index contributed by atoms with van der Waals surface area (Å²) in [4.78, 5) is 11.9. The highest BCUT2D eigenvalue weighted by atomic mass is 16.5. The molecule has 0 saturated heterocycles. The first kappa shape index (κ1) is 16.5. The maximum Gasteiger partial charge on any atom is 0.221 e. The number of benzene rings is 1. The van der Waals surface area contributed by atoms with Gasteiger partial charge in [-0.3, -0.25) is 4.79 Å². The number of methoxy groups -OCH3 is 1. The normalized spacial score (nSPS) is 12.8. The smallest absolute Gasteiger partial charge is 0.221 e. The molecule has 0 unspecified atom stereocenters. The van der Waals surface area contributed by atoms with Gasteiger partial charge in [-0.1, -0.05) is 12.1 Å². The molecule has 1 atom stereocenters. The van der Waals surface area contributed by atoms with Gasteiger partial charge in [0.25, 0.3) is 0 Å². The fourth-order valence-corrected chi connectivity index (χ4v) is 1.86. The lowest BCUT2D eigenvalue weighted by Gasteiger charge is -2.21. The second-order valence-corrected chi connectivity index (χ2v) is 5.99. The number of carbonyl (C=O) groups excluding carboxylic acids is 1. The van der Waals surface area contributed by atoms with Crippen molar-refractivity contribution in [3.05, 3.63) is 29.8 Å². The van der Waals surface area contributed by atoms with Crippen LogP contribution in [0.5, 0.6) is 5.75 Å². The number of ether oxygens (including phenoxy) is 1. The van der Waals surface area contributed by atoms with Crippen LogP contribution in [0, 0.1) is 0 Å². The Labute approximate surface area is 121 Å². The summed E-state index contributed by atoms with van der Waals surface area (Å²) in [5, 5.41) is 6.30. The third-order valence-corrected chi connectivity index (χ3v) is 2.98. The number of amides is 1. The summed E-state index contributed by atoms with van der Waals surface area (Å²) in [5.74, 6) is 0.857. The molecule has 0 aliphatic rings. The van der Waals surface area contributed by atoms with E-state index in [4.69, 9.17) is 4.74 Å². The van der Waals surface area contributed by atoms with Crippen LogP contribution in [-0.4, -0.2) is 25.1 Å². The van der Waals surface area contributed by atoms with Crippen LogP contribution in [0.3, 0.4) is 0 Å². The van der Waals surface area contributed by atoms with E-state index in [-0.39, 0.29) is 17.5 Å². The monoisotopic (exact) mass is 278 g/mol. The zero-order chi connectivity index (χ0) is 15.2. The van der Waals surface area contributed by atoms with E-state index in [9.17, 15) is 4.79 Å². The van der Waals surface area contributed by atoms with E-state index in [0.717, 1.165) is 11.3 Å². The first-order valence-electron chi connectivity index (χ1n) is 7.00. The van der Waals surface area contributed by atoms with Crippen molar-refractivity contribution in [2.75, 3.05) is 13.7 Å². The van der Waals surface area contributed by atoms with Gasteiger partial charge < -0.3 is 15.4 Å². The highest BCUT2D eigenvalue weighted by molar-refractivity contribution is 5.76. The Morgan fingerprint density at radius 1 is 1.35 bits per heavy atom. The third kappa shape index (κ3) is 6.06. The molecule has 0 saturated carbocycles. The van der Waals surface area contributed by atoms with Crippen molar-refractivity contribution < 1.29 is 9.53 Å². The lowest BCUT2D eigenvalue weighted by Crippen LogP contribution is -2.38. The van der Waals surface area contributed by atoms with Gasteiger partial charge in [-0.15, -0.1) is 0 Å². The summed E-state index contributed by atoms with van der Waals surface area (Å²) in [5.41, 5.74) is 1.08. The van der Waals surface area contributed by atoms with E-state index in [1.165, 1.54) is 0 Å². The van der Waals surface area contributed by atoms with Crippen LogP contribution in [0.25, 0.3) is 0 Å². The molecule has 0 spiro atoms. The quantitative estimate of drug-likeness (QED) is 0.841. The fraction of sp³-hybridized carbons (Fsp3) is 0.562. The molecule has 0 fully saturated rings. The van der Waals surface area contributed by atoms with Crippen molar-refractivity contribution in [3.63, 3.8) is 0 Å². The number of carbonyl (C=O) groups is 1. The Kier molecular flexibility index (Phi) is 6.02. The summed E-state index contributed by atoms with van der Waals surface area (Å²) < 4.78 is 5.19. The average Bonchev–Trinajstić information content (AvgIpc) is 2.37. The Morgan fingerprint density at radius 2 is 2.05 bits per heavy atom. The minimum Gasteiger partial charge on any atom is -0.497 e. The van der Waals surface area contributed by atoms with Crippen molar-refractivity contribution in [2.24, 2.45) is 0 Å². The number of hydrogen-bond donors (Lipinski definition) is 2. The van der Waals surface area contributed by atoms with Gasteiger partial charge in [0.2, 0.25) is 5.91 Å². The molecular formula is C16H26N2O2. The summed E-state index contributed by atoms with van der Waals surface area (Å²) >= 11 is 0. The van der Waals surface area contributed by atoms with Gasteiger partial charge in [0, 0.05) is 18.5 Å².